The maximum absolute atomic E-state index is 12.2. The molecule has 1 aliphatic heterocycles. The zero-order chi connectivity index (χ0) is 16.9. The number of carbonyl (C=O) groups excluding carboxylic acids is 1. The van der Waals surface area contributed by atoms with E-state index in [0.29, 0.717) is 23.0 Å². The molecule has 1 aliphatic rings. The van der Waals surface area contributed by atoms with Crippen LogP contribution in [0.1, 0.15) is 0 Å². The summed E-state index contributed by atoms with van der Waals surface area (Å²) >= 11 is 6.06. The fraction of sp³-hybridized carbons (Fsp3) is 0.400. The average molecular weight is 351 g/mol. The summed E-state index contributed by atoms with van der Waals surface area (Å²) in [5.41, 5.74) is 0.658. The van der Waals surface area contributed by atoms with E-state index >= 15 is 0 Å². The van der Waals surface area contributed by atoms with Gasteiger partial charge in [0.1, 0.15) is 12.1 Å². The summed E-state index contributed by atoms with van der Waals surface area (Å²) in [6, 6.07) is 5.18. The molecule has 2 heterocycles. The molecule has 0 unspecified atom stereocenters. The number of amides is 1. The molecule has 1 saturated heterocycles. The first-order chi connectivity index (χ1) is 11.7. The van der Waals surface area contributed by atoms with E-state index in [4.69, 9.17) is 16.3 Å². The Morgan fingerprint density at radius 2 is 2.17 bits per heavy atom. The van der Waals surface area contributed by atoms with Crippen LogP contribution in [0.4, 0.5) is 11.6 Å². The zero-order valence-corrected chi connectivity index (χ0v) is 14.1. The summed E-state index contributed by atoms with van der Waals surface area (Å²) in [7, 11) is 1.55. The number of hydrogen-bond donors (Lipinski definition) is 2. The molecule has 2 aromatic rings. The lowest BCUT2D eigenvalue weighted by Crippen LogP contribution is -2.49. The van der Waals surface area contributed by atoms with Crippen molar-refractivity contribution in [2.24, 2.45) is 0 Å². The predicted molar refractivity (Wildman–Crippen MR) is 91.7 cm³/mol. The van der Waals surface area contributed by atoms with Gasteiger partial charge in [0.15, 0.2) is 0 Å². The molecule has 0 radical (unpaired) electrons. The number of aromatic amines is 1. The predicted octanol–water partition coefficient (Wildman–Crippen LogP) is 1.23. The van der Waals surface area contributed by atoms with Gasteiger partial charge in [-0.2, -0.15) is 10.1 Å². The fourth-order valence-electron chi connectivity index (χ4n) is 2.62. The van der Waals surface area contributed by atoms with E-state index in [-0.39, 0.29) is 5.91 Å². The Bertz CT molecular complexity index is 685. The van der Waals surface area contributed by atoms with Crippen LogP contribution in [0.5, 0.6) is 5.75 Å². The van der Waals surface area contributed by atoms with Crippen molar-refractivity contribution in [1.82, 2.24) is 20.1 Å². The number of nitrogens with one attached hydrogen (secondary N) is 2. The molecule has 1 fully saturated rings. The summed E-state index contributed by atoms with van der Waals surface area (Å²) in [5, 5.41) is 10.0. The lowest BCUT2D eigenvalue weighted by atomic mass is 10.3. The molecule has 0 saturated carbocycles. The van der Waals surface area contributed by atoms with Crippen molar-refractivity contribution in [2.75, 3.05) is 50.1 Å². The molecule has 9 heteroatoms. The smallest absolute Gasteiger partial charge is 0.238 e. The summed E-state index contributed by atoms with van der Waals surface area (Å²) in [6.45, 7) is 3.52. The Hall–Kier alpha value is -2.32. The summed E-state index contributed by atoms with van der Waals surface area (Å²) < 4.78 is 5.10. The van der Waals surface area contributed by atoms with Crippen LogP contribution in [0.15, 0.2) is 24.5 Å². The number of carbonyl (C=O) groups is 1. The largest absolute Gasteiger partial charge is 0.495 e. The van der Waals surface area contributed by atoms with Gasteiger partial charge in [0.25, 0.3) is 0 Å². The highest BCUT2D eigenvalue weighted by Crippen LogP contribution is 2.27. The normalized spacial score (nSPS) is 15.3. The van der Waals surface area contributed by atoms with Gasteiger partial charge in [-0.05, 0) is 18.2 Å². The molecular weight excluding hydrogens is 332 g/mol. The maximum Gasteiger partial charge on any atom is 0.238 e. The highest BCUT2D eigenvalue weighted by atomic mass is 35.5. The minimum Gasteiger partial charge on any atom is -0.495 e. The number of anilines is 2. The van der Waals surface area contributed by atoms with Crippen molar-refractivity contribution in [2.45, 2.75) is 0 Å². The van der Waals surface area contributed by atoms with Gasteiger partial charge in [-0.3, -0.25) is 9.69 Å². The van der Waals surface area contributed by atoms with Gasteiger partial charge < -0.3 is 15.0 Å². The maximum atomic E-state index is 12.2. The molecule has 1 aromatic carbocycles. The first-order valence-electron chi connectivity index (χ1n) is 7.62. The quantitative estimate of drug-likeness (QED) is 0.843. The van der Waals surface area contributed by atoms with E-state index in [1.807, 2.05) is 0 Å². The molecule has 0 atom stereocenters. The lowest BCUT2D eigenvalue weighted by Gasteiger charge is -2.33. The highest BCUT2D eigenvalue weighted by Gasteiger charge is 2.20. The van der Waals surface area contributed by atoms with Crippen molar-refractivity contribution in [3.05, 3.63) is 29.5 Å². The molecule has 128 valence electrons. The van der Waals surface area contributed by atoms with Crippen LogP contribution in [0, 0.1) is 0 Å². The van der Waals surface area contributed by atoms with Crippen molar-refractivity contribution >= 4 is 29.1 Å². The molecular formula is C15H19ClN6O2. The number of hydrogen-bond acceptors (Lipinski definition) is 6. The number of nitrogens with zero attached hydrogens (tertiary/aromatic N) is 4. The third-order valence-electron chi connectivity index (χ3n) is 3.88. The Kier molecular flexibility index (Phi) is 5.17. The van der Waals surface area contributed by atoms with Gasteiger partial charge in [0, 0.05) is 31.9 Å². The standard InChI is InChI=1S/C15H19ClN6O2/c1-24-13-3-2-11(8-12(13)16)19-14(23)9-21-4-6-22(7-5-21)15-17-10-18-20-15/h2-3,8,10H,4-7,9H2,1H3,(H,19,23)(H,17,18,20). The Morgan fingerprint density at radius 1 is 1.38 bits per heavy atom. The topological polar surface area (TPSA) is 86.4 Å². The first-order valence-corrected chi connectivity index (χ1v) is 7.99. The van der Waals surface area contributed by atoms with E-state index in [1.165, 1.54) is 6.33 Å². The molecule has 3 rings (SSSR count). The zero-order valence-electron chi connectivity index (χ0n) is 13.3. The van der Waals surface area contributed by atoms with Crippen LogP contribution in [-0.2, 0) is 4.79 Å². The number of methoxy groups -OCH3 is 1. The Labute approximate surface area is 144 Å². The van der Waals surface area contributed by atoms with Crippen molar-refractivity contribution in [1.29, 1.82) is 0 Å². The molecule has 1 amide bonds. The lowest BCUT2D eigenvalue weighted by molar-refractivity contribution is -0.117. The molecule has 0 spiro atoms. The molecule has 1 aromatic heterocycles. The summed E-state index contributed by atoms with van der Waals surface area (Å²) in [5.74, 6) is 1.29. The van der Waals surface area contributed by atoms with Crippen LogP contribution in [0.25, 0.3) is 0 Å². The van der Waals surface area contributed by atoms with Crippen LogP contribution < -0.4 is 15.0 Å². The number of aromatic nitrogens is 3. The minimum absolute atomic E-state index is 0.0654. The monoisotopic (exact) mass is 350 g/mol. The second-order valence-corrected chi connectivity index (χ2v) is 5.88. The van der Waals surface area contributed by atoms with Gasteiger partial charge in [0.2, 0.25) is 11.9 Å². The molecule has 8 nitrogen and oxygen atoms in total. The van der Waals surface area contributed by atoms with Crippen molar-refractivity contribution in [3.8, 4) is 5.75 Å². The number of benzene rings is 1. The van der Waals surface area contributed by atoms with Crippen molar-refractivity contribution in [3.63, 3.8) is 0 Å². The Balaban J connectivity index is 1.48. The minimum atomic E-state index is -0.0654. The number of rotatable bonds is 5. The van der Waals surface area contributed by atoms with E-state index in [1.54, 1.807) is 25.3 Å². The van der Waals surface area contributed by atoms with E-state index in [0.717, 1.165) is 32.1 Å². The van der Waals surface area contributed by atoms with Crippen LogP contribution in [0.2, 0.25) is 5.02 Å². The molecule has 2 N–H and O–H groups in total. The van der Waals surface area contributed by atoms with Crippen LogP contribution in [-0.4, -0.2) is 65.8 Å². The molecule has 0 aliphatic carbocycles. The molecule has 0 bridgehead atoms. The highest BCUT2D eigenvalue weighted by molar-refractivity contribution is 6.32. The third-order valence-corrected chi connectivity index (χ3v) is 4.17. The van der Waals surface area contributed by atoms with E-state index in [9.17, 15) is 4.79 Å². The third kappa shape index (κ3) is 3.95. The van der Waals surface area contributed by atoms with Crippen LogP contribution >= 0.6 is 11.6 Å². The summed E-state index contributed by atoms with van der Waals surface area (Å²) in [4.78, 5) is 20.6. The fourth-order valence-corrected chi connectivity index (χ4v) is 2.87. The second-order valence-electron chi connectivity index (χ2n) is 5.47. The van der Waals surface area contributed by atoms with Gasteiger partial charge in [0.05, 0.1) is 18.7 Å². The SMILES string of the molecule is COc1ccc(NC(=O)CN2CCN(c3ncn[nH]3)CC2)cc1Cl. The number of piperazine rings is 1. The molecule has 24 heavy (non-hydrogen) atoms. The van der Waals surface area contributed by atoms with Crippen LogP contribution in [0.3, 0.4) is 0 Å². The van der Waals surface area contributed by atoms with E-state index < -0.39 is 0 Å². The summed E-state index contributed by atoms with van der Waals surface area (Å²) in [6.07, 6.45) is 1.50. The van der Waals surface area contributed by atoms with Crippen molar-refractivity contribution < 1.29 is 9.53 Å². The van der Waals surface area contributed by atoms with Gasteiger partial charge in [-0.25, -0.2) is 5.10 Å². The number of ether oxygens (including phenoxy) is 1. The number of H-pyrrole nitrogens is 1. The number of halogens is 1. The average Bonchev–Trinajstić information content (AvgIpc) is 3.10. The van der Waals surface area contributed by atoms with Gasteiger partial charge in [-0.1, -0.05) is 11.6 Å². The first kappa shape index (κ1) is 16.5. The Morgan fingerprint density at radius 3 is 2.79 bits per heavy atom. The van der Waals surface area contributed by atoms with E-state index in [2.05, 4.69) is 30.3 Å². The van der Waals surface area contributed by atoms with Gasteiger partial charge >= 0.3 is 0 Å². The second kappa shape index (κ2) is 7.50. The van der Waals surface area contributed by atoms with Gasteiger partial charge in [-0.15, -0.1) is 0 Å².